The van der Waals surface area contributed by atoms with E-state index in [1.54, 1.807) is 13.2 Å². The number of benzene rings is 1. The molecule has 1 fully saturated rings. The van der Waals surface area contributed by atoms with Crippen LogP contribution in [-0.4, -0.2) is 43.6 Å². The smallest absolute Gasteiger partial charge is 0.335 e. The largest absolute Gasteiger partial charge is 0.497 e. The fraction of sp³-hybridized carbons (Fsp3) is 0.455. The van der Waals surface area contributed by atoms with Gasteiger partial charge in [0.2, 0.25) is 5.91 Å². The molecular weight excluding hydrogens is 356 g/mol. The minimum Gasteiger partial charge on any atom is -0.497 e. The summed E-state index contributed by atoms with van der Waals surface area (Å²) in [6.45, 7) is 2.78. The minimum absolute atomic E-state index is 0.00855. The van der Waals surface area contributed by atoms with Crippen molar-refractivity contribution >= 4 is 17.6 Å². The standard InChI is InChI=1S/C22H24N2O4/c1-4-13-14-6-8-17(25)24-10-9-22(20(14)24)15-7-5-12(27-2)11-16(15)23-19(22)18(13)21(26)28-3/h5-8,11,13-14,20,23H,4,9-10H2,1-3H3/t13-,14-,20-,22-/m0/s1. The number of nitrogens with one attached hydrogen (secondary N) is 1. The van der Waals surface area contributed by atoms with E-state index in [1.165, 1.54) is 7.11 Å². The molecule has 0 saturated carbocycles. The Kier molecular flexibility index (Phi) is 3.63. The summed E-state index contributed by atoms with van der Waals surface area (Å²) in [6, 6.07) is 6.03. The van der Waals surface area contributed by atoms with Crippen LogP contribution >= 0.6 is 0 Å². The Morgan fingerprint density at radius 3 is 2.89 bits per heavy atom. The van der Waals surface area contributed by atoms with Crippen molar-refractivity contribution < 1.29 is 19.1 Å². The normalized spacial score (nSPS) is 31.9. The summed E-state index contributed by atoms with van der Waals surface area (Å²) in [5.74, 6) is 0.651. The van der Waals surface area contributed by atoms with Gasteiger partial charge in [0.1, 0.15) is 5.75 Å². The van der Waals surface area contributed by atoms with Crippen LogP contribution in [0.5, 0.6) is 5.75 Å². The van der Waals surface area contributed by atoms with Crippen molar-refractivity contribution in [3.63, 3.8) is 0 Å². The maximum absolute atomic E-state index is 12.9. The highest BCUT2D eigenvalue weighted by molar-refractivity contribution is 5.96. The molecule has 3 aliphatic heterocycles. The lowest BCUT2D eigenvalue weighted by Crippen LogP contribution is -2.56. The maximum atomic E-state index is 12.9. The highest BCUT2D eigenvalue weighted by atomic mass is 16.5. The molecule has 1 aromatic carbocycles. The third-order valence-corrected chi connectivity index (χ3v) is 7.06. The van der Waals surface area contributed by atoms with Gasteiger partial charge in [-0.25, -0.2) is 4.79 Å². The first-order chi connectivity index (χ1) is 13.6. The summed E-state index contributed by atoms with van der Waals surface area (Å²) >= 11 is 0. The number of esters is 1. The van der Waals surface area contributed by atoms with Crippen molar-refractivity contribution in [2.24, 2.45) is 11.8 Å². The van der Waals surface area contributed by atoms with E-state index in [1.807, 2.05) is 23.1 Å². The Labute approximate surface area is 164 Å². The van der Waals surface area contributed by atoms with Gasteiger partial charge in [0, 0.05) is 35.8 Å². The monoisotopic (exact) mass is 380 g/mol. The summed E-state index contributed by atoms with van der Waals surface area (Å²) in [4.78, 5) is 27.6. The van der Waals surface area contributed by atoms with Gasteiger partial charge >= 0.3 is 5.97 Å². The van der Waals surface area contributed by atoms with Gasteiger partial charge in [0.05, 0.1) is 31.2 Å². The zero-order chi connectivity index (χ0) is 19.6. The van der Waals surface area contributed by atoms with Gasteiger partial charge in [-0.05, 0) is 30.5 Å². The van der Waals surface area contributed by atoms with E-state index in [9.17, 15) is 9.59 Å². The molecule has 1 aliphatic carbocycles. The molecule has 0 bridgehead atoms. The lowest BCUT2D eigenvalue weighted by atomic mass is 9.58. The molecule has 28 heavy (non-hydrogen) atoms. The maximum Gasteiger partial charge on any atom is 0.335 e. The van der Waals surface area contributed by atoms with Gasteiger partial charge in [-0.1, -0.05) is 19.1 Å². The van der Waals surface area contributed by atoms with Crippen LogP contribution in [0.4, 0.5) is 5.69 Å². The summed E-state index contributed by atoms with van der Waals surface area (Å²) < 4.78 is 10.6. The van der Waals surface area contributed by atoms with Crippen LogP contribution in [0.25, 0.3) is 0 Å². The first-order valence-corrected chi connectivity index (χ1v) is 9.84. The van der Waals surface area contributed by atoms with E-state index in [-0.39, 0.29) is 29.8 Å². The molecule has 0 unspecified atom stereocenters. The van der Waals surface area contributed by atoms with Crippen molar-refractivity contribution in [3.8, 4) is 5.75 Å². The van der Waals surface area contributed by atoms with Crippen molar-refractivity contribution in [2.45, 2.75) is 31.2 Å². The number of ether oxygens (including phenoxy) is 2. The molecule has 4 atom stereocenters. The topological polar surface area (TPSA) is 67.9 Å². The molecular formula is C22H24N2O4. The molecule has 0 radical (unpaired) electrons. The van der Waals surface area contributed by atoms with E-state index >= 15 is 0 Å². The number of carbonyl (C=O) groups excluding carboxylic acids is 2. The fourth-order valence-corrected chi connectivity index (χ4v) is 6.00. The van der Waals surface area contributed by atoms with Crippen LogP contribution in [0.3, 0.4) is 0 Å². The van der Waals surface area contributed by atoms with Crippen LogP contribution in [0.1, 0.15) is 25.3 Å². The zero-order valence-corrected chi connectivity index (χ0v) is 16.3. The number of carbonyl (C=O) groups is 2. The molecule has 3 heterocycles. The van der Waals surface area contributed by atoms with Crippen LogP contribution in [0.2, 0.25) is 0 Å². The Balaban J connectivity index is 1.81. The van der Waals surface area contributed by atoms with Gasteiger partial charge < -0.3 is 19.7 Å². The number of hydrogen-bond acceptors (Lipinski definition) is 5. The molecule has 6 heteroatoms. The Morgan fingerprint density at radius 1 is 1.36 bits per heavy atom. The number of nitrogens with zero attached hydrogens (tertiary/aromatic N) is 1. The number of amides is 1. The number of hydrogen-bond donors (Lipinski definition) is 1. The first-order valence-electron chi connectivity index (χ1n) is 9.84. The highest BCUT2D eigenvalue weighted by Gasteiger charge is 2.64. The second-order valence-corrected chi connectivity index (χ2v) is 7.97. The van der Waals surface area contributed by atoms with E-state index in [2.05, 4.69) is 18.3 Å². The second-order valence-electron chi connectivity index (χ2n) is 7.97. The molecule has 146 valence electrons. The second kappa shape index (κ2) is 5.87. The van der Waals surface area contributed by atoms with Crippen molar-refractivity contribution in [1.29, 1.82) is 0 Å². The predicted molar refractivity (Wildman–Crippen MR) is 104 cm³/mol. The average molecular weight is 380 g/mol. The van der Waals surface area contributed by atoms with Crippen LogP contribution in [-0.2, 0) is 19.7 Å². The summed E-state index contributed by atoms with van der Waals surface area (Å²) in [5, 5.41) is 3.54. The SMILES string of the molecule is CC[C@@H]1C(C(=O)OC)=C2Nc3cc(OC)ccc3[C@@]23CCN2C(=O)C=C[C@@H]1[C@H]23. The Bertz CT molecular complexity index is 950. The Hall–Kier alpha value is -2.76. The summed E-state index contributed by atoms with van der Waals surface area (Å²) in [6.07, 6.45) is 5.30. The van der Waals surface area contributed by atoms with Crippen LogP contribution < -0.4 is 10.1 Å². The summed E-state index contributed by atoms with van der Waals surface area (Å²) in [5.41, 5.74) is 3.33. The van der Waals surface area contributed by atoms with E-state index in [0.717, 1.165) is 41.1 Å². The number of fused-ring (bicyclic) bond motifs is 1. The summed E-state index contributed by atoms with van der Waals surface area (Å²) in [7, 11) is 3.08. The third-order valence-electron chi connectivity index (χ3n) is 7.06. The predicted octanol–water partition coefficient (Wildman–Crippen LogP) is 2.61. The van der Waals surface area contributed by atoms with Crippen molar-refractivity contribution in [1.82, 2.24) is 4.90 Å². The van der Waals surface area contributed by atoms with Crippen LogP contribution in [0.15, 0.2) is 41.6 Å². The molecule has 5 rings (SSSR count). The molecule has 0 aromatic heterocycles. The zero-order valence-electron chi connectivity index (χ0n) is 16.3. The van der Waals surface area contributed by atoms with Crippen LogP contribution in [0, 0.1) is 11.8 Å². The number of methoxy groups -OCH3 is 2. The van der Waals surface area contributed by atoms with Crippen molar-refractivity contribution in [3.05, 3.63) is 47.2 Å². The average Bonchev–Trinajstić information content (AvgIpc) is 3.28. The fourth-order valence-electron chi connectivity index (χ4n) is 6.00. The highest BCUT2D eigenvalue weighted by Crippen LogP contribution is 2.61. The minimum atomic E-state index is -0.401. The number of anilines is 1. The van der Waals surface area contributed by atoms with Gasteiger partial charge in [-0.2, -0.15) is 0 Å². The lowest BCUT2D eigenvalue weighted by Gasteiger charge is -2.49. The molecule has 4 aliphatic rings. The first kappa shape index (κ1) is 17.3. The van der Waals surface area contributed by atoms with E-state index in [0.29, 0.717) is 6.54 Å². The van der Waals surface area contributed by atoms with Gasteiger partial charge in [0.25, 0.3) is 0 Å². The van der Waals surface area contributed by atoms with Gasteiger partial charge in [-0.3, -0.25) is 4.79 Å². The van der Waals surface area contributed by atoms with Gasteiger partial charge in [-0.15, -0.1) is 0 Å². The van der Waals surface area contributed by atoms with Crippen molar-refractivity contribution in [2.75, 3.05) is 26.1 Å². The number of rotatable bonds is 3. The van der Waals surface area contributed by atoms with Gasteiger partial charge in [0.15, 0.2) is 0 Å². The third kappa shape index (κ3) is 1.93. The van der Waals surface area contributed by atoms with E-state index in [4.69, 9.17) is 9.47 Å². The Morgan fingerprint density at radius 2 is 2.18 bits per heavy atom. The molecule has 1 aromatic rings. The van der Waals surface area contributed by atoms with E-state index < -0.39 is 5.41 Å². The molecule has 6 nitrogen and oxygen atoms in total. The quantitative estimate of drug-likeness (QED) is 0.817. The molecule has 1 spiro atoms. The molecule has 1 saturated heterocycles. The lowest BCUT2D eigenvalue weighted by molar-refractivity contribution is -0.137. The molecule has 1 amide bonds. The molecule has 1 N–H and O–H groups in total.